The lowest BCUT2D eigenvalue weighted by molar-refractivity contribution is 0.598. The van der Waals surface area contributed by atoms with Gasteiger partial charge in [-0.1, -0.05) is 19.1 Å². The maximum Gasteiger partial charge on any atom is 0.240 e. The van der Waals surface area contributed by atoms with E-state index in [2.05, 4.69) is 17.6 Å². The quantitative estimate of drug-likeness (QED) is 0.629. The van der Waals surface area contributed by atoms with Crippen molar-refractivity contribution in [3.8, 4) is 0 Å². The van der Waals surface area contributed by atoms with Gasteiger partial charge in [-0.3, -0.25) is 0 Å². The van der Waals surface area contributed by atoms with Crippen molar-refractivity contribution in [2.45, 2.75) is 18.2 Å². The highest BCUT2D eigenvalue weighted by Gasteiger charge is 2.12. The van der Waals surface area contributed by atoms with Gasteiger partial charge in [0.1, 0.15) is 4.90 Å². The van der Waals surface area contributed by atoms with E-state index in [1.54, 1.807) is 18.2 Å². The molecule has 4 N–H and O–H groups in total. The van der Waals surface area contributed by atoms with Gasteiger partial charge in [0.2, 0.25) is 10.0 Å². The normalized spacial score (nSPS) is 11.4. The highest BCUT2D eigenvalue weighted by atomic mass is 32.2. The van der Waals surface area contributed by atoms with Gasteiger partial charge in [-0.05, 0) is 25.1 Å². The largest absolute Gasteiger partial charge is 0.383 e. The molecule has 0 amide bonds. The van der Waals surface area contributed by atoms with Crippen LogP contribution in [0.1, 0.15) is 13.3 Å². The van der Waals surface area contributed by atoms with E-state index >= 15 is 0 Å². The first-order chi connectivity index (χ1) is 8.05. The van der Waals surface area contributed by atoms with Crippen LogP contribution in [0.2, 0.25) is 0 Å². The lowest BCUT2D eigenvalue weighted by Gasteiger charge is -2.10. The zero-order valence-electron chi connectivity index (χ0n) is 9.94. The number of anilines is 1. The molecule has 1 aromatic carbocycles. The highest BCUT2D eigenvalue weighted by Crippen LogP contribution is 2.18. The van der Waals surface area contributed by atoms with Crippen molar-refractivity contribution >= 4 is 15.7 Å². The Morgan fingerprint density at radius 3 is 2.53 bits per heavy atom. The first-order valence-corrected chi connectivity index (χ1v) is 7.16. The molecule has 1 aromatic rings. The van der Waals surface area contributed by atoms with E-state index in [1.807, 2.05) is 0 Å². The number of hydrogen-bond acceptors (Lipinski definition) is 4. The fourth-order valence-electron chi connectivity index (χ4n) is 1.45. The fraction of sp³-hybridized carbons (Fsp3) is 0.455. The molecule has 0 radical (unpaired) electrons. The molecule has 6 heteroatoms. The maximum atomic E-state index is 11.3. The number of sulfonamides is 1. The number of rotatable bonds is 7. The molecule has 0 saturated carbocycles. The third kappa shape index (κ3) is 4.72. The summed E-state index contributed by atoms with van der Waals surface area (Å²) in [6.07, 6.45) is 1.08. The molecule has 0 aliphatic heterocycles. The smallest absolute Gasteiger partial charge is 0.240 e. The Labute approximate surface area is 102 Å². The third-order valence-electron chi connectivity index (χ3n) is 2.24. The van der Waals surface area contributed by atoms with Crippen LogP contribution in [0.3, 0.4) is 0 Å². The van der Waals surface area contributed by atoms with Gasteiger partial charge >= 0.3 is 0 Å². The van der Waals surface area contributed by atoms with E-state index in [4.69, 9.17) is 5.14 Å². The minimum atomic E-state index is -3.66. The van der Waals surface area contributed by atoms with Crippen LogP contribution in [0, 0.1) is 0 Å². The second kappa shape index (κ2) is 6.58. The molecule has 0 spiro atoms. The predicted molar refractivity (Wildman–Crippen MR) is 69.5 cm³/mol. The molecular weight excluding hydrogens is 238 g/mol. The van der Waals surface area contributed by atoms with Crippen molar-refractivity contribution in [2.75, 3.05) is 25.0 Å². The van der Waals surface area contributed by atoms with E-state index in [1.165, 1.54) is 6.07 Å². The van der Waals surface area contributed by atoms with Crippen LogP contribution in [-0.4, -0.2) is 28.1 Å². The molecule has 0 heterocycles. The molecule has 0 aromatic heterocycles. The van der Waals surface area contributed by atoms with Crippen LogP contribution in [-0.2, 0) is 10.0 Å². The maximum absolute atomic E-state index is 11.3. The summed E-state index contributed by atoms with van der Waals surface area (Å²) in [6.45, 7) is 4.49. The molecule has 1 rings (SSSR count). The predicted octanol–water partition coefficient (Wildman–Crippen LogP) is 0.746. The molecule has 96 valence electrons. The van der Waals surface area contributed by atoms with Gasteiger partial charge in [-0.15, -0.1) is 0 Å². The summed E-state index contributed by atoms with van der Waals surface area (Å²) in [5, 5.41) is 11.4. The van der Waals surface area contributed by atoms with E-state index in [0.717, 1.165) is 19.5 Å². The molecule has 17 heavy (non-hydrogen) atoms. The first kappa shape index (κ1) is 14.0. The van der Waals surface area contributed by atoms with Crippen LogP contribution in [0.15, 0.2) is 29.2 Å². The SMILES string of the molecule is CCCNCCNc1ccccc1S(N)(=O)=O. The number of benzene rings is 1. The topological polar surface area (TPSA) is 84.2 Å². The molecule has 0 saturated heterocycles. The van der Waals surface area contributed by atoms with E-state index in [-0.39, 0.29) is 4.90 Å². The van der Waals surface area contributed by atoms with Gasteiger partial charge in [0, 0.05) is 13.1 Å². The van der Waals surface area contributed by atoms with Crippen LogP contribution < -0.4 is 15.8 Å². The van der Waals surface area contributed by atoms with E-state index in [0.29, 0.717) is 12.2 Å². The Balaban J connectivity index is 2.59. The zero-order valence-corrected chi connectivity index (χ0v) is 10.8. The number of nitrogens with two attached hydrogens (primary N) is 1. The van der Waals surface area contributed by atoms with Gasteiger partial charge in [0.25, 0.3) is 0 Å². The number of hydrogen-bond donors (Lipinski definition) is 3. The summed E-state index contributed by atoms with van der Waals surface area (Å²) in [5.74, 6) is 0. The van der Waals surface area contributed by atoms with Crippen LogP contribution in [0.25, 0.3) is 0 Å². The summed E-state index contributed by atoms with van der Waals surface area (Å²) in [6, 6.07) is 6.63. The molecule has 0 atom stereocenters. The first-order valence-electron chi connectivity index (χ1n) is 5.62. The third-order valence-corrected chi connectivity index (χ3v) is 3.21. The van der Waals surface area contributed by atoms with E-state index in [9.17, 15) is 8.42 Å². The van der Waals surface area contributed by atoms with Gasteiger partial charge in [0.05, 0.1) is 5.69 Å². The monoisotopic (exact) mass is 257 g/mol. The zero-order chi connectivity index (χ0) is 12.7. The molecule has 0 bridgehead atoms. The lowest BCUT2D eigenvalue weighted by atomic mass is 10.3. The van der Waals surface area contributed by atoms with Gasteiger partial charge in [0.15, 0.2) is 0 Å². The number of para-hydroxylation sites is 1. The Bertz CT molecular complexity index is 446. The molecular formula is C11H19N3O2S. The van der Waals surface area contributed by atoms with Crippen molar-refractivity contribution in [1.82, 2.24) is 5.32 Å². The summed E-state index contributed by atoms with van der Waals surface area (Å²) in [4.78, 5) is 0.135. The van der Waals surface area contributed by atoms with Gasteiger partial charge in [-0.2, -0.15) is 0 Å². The van der Waals surface area contributed by atoms with Crippen molar-refractivity contribution in [3.63, 3.8) is 0 Å². The lowest BCUT2D eigenvalue weighted by Crippen LogP contribution is -2.23. The van der Waals surface area contributed by atoms with Crippen LogP contribution in [0.4, 0.5) is 5.69 Å². The fourth-order valence-corrected chi connectivity index (χ4v) is 2.16. The summed E-state index contributed by atoms with van der Waals surface area (Å²) in [5.41, 5.74) is 0.549. The summed E-state index contributed by atoms with van der Waals surface area (Å²) >= 11 is 0. The van der Waals surface area contributed by atoms with Gasteiger partial charge in [-0.25, -0.2) is 13.6 Å². The number of primary sulfonamides is 1. The Hall–Kier alpha value is -1.11. The van der Waals surface area contributed by atoms with Crippen molar-refractivity contribution < 1.29 is 8.42 Å². The highest BCUT2D eigenvalue weighted by molar-refractivity contribution is 7.89. The van der Waals surface area contributed by atoms with Crippen LogP contribution >= 0.6 is 0 Å². The average Bonchev–Trinajstić information content (AvgIpc) is 2.28. The second-order valence-corrected chi connectivity index (χ2v) is 5.25. The summed E-state index contributed by atoms with van der Waals surface area (Å²) < 4.78 is 22.6. The number of nitrogens with one attached hydrogen (secondary N) is 2. The molecule has 5 nitrogen and oxygen atoms in total. The van der Waals surface area contributed by atoms with Crippen molar-refractivity contribution in [1.29, 1.82) is 0 Å². The molecule has 0 unspecified atom stereocenters. The van der Waals surface area contributed by atoms with E-state index < -0.39 is 10.0 Å². The van der Waals surface area contributed by atoms with Crippen molar-refractivity contribution in [3.05, 3.63) is 24.3 Å². The Morgan fingerprint density at radius 1 is 1.18 bits per heavy atom. The Kier molecular flexibility index (Phi) is 5.40. The minimum absolute atomic E-state index is 0.135. The minimum Gasteiger partial charge on any atom is -0.383 e. The standard InChI is InChI=1S/C11H19N3O2S/c1-2-7-13-8-9-14-10-5-3-4-6-11(10)17(12,15)16/h3-6,13-14H,2,7-9H2,1H3,(H2,12,15,16). The molecule has 0 aliphatic carbocycles. The Morgan fingerprint density at radius 2 is 1.88 bits per heavy atom. The van der Waals surface area contributed by atoms with Crippen LogP contribution in [0.5, 0.6) is 0 Å². The molecule has 0 aliphatic rings. The summed E-state index contributed by atoms with van der Waals surface area (Å²) in [7, 11) is -3.66. The van der Waals surface area contributed by atoms with Gasteiger partial charge < -0.3 is 10.6 Å². The average molecular weight is 257 g/mol. The van der Waals surface area contributed by atoms with Crippen molar-refractivity contribution in [2.24, 2.45) is 5.14 Å². The molecule has 0 fully saturated rings. The second-order valence-electron chi connectivity index (χ2n) is 3.72.